The van der Waals surface area contributed by atoms with E-state index in [1.165, 1.54) is 0 Å². The van der Waals surface area contributed by atoms with Gasteiger partial charge < -0.3 is 9.84 Å². The monoisotopic (exact) mass is 278 g/mol. The lowest BCUT2D eigenvalue weighted by Crippen LogP contribution is -2.02. The number of rotatable bonds is 2. The SMILES string of the molecule is OC(c1ccc2c(c1)CCO2)c1cccc2nccnc12. The second-order valence-electron chi connectivity index (χ2n) is 5.14. The van der Waals surface area contributed by atoms with Gasteiger partial charge in [0.15, 0.2) is 0 Å². The van der Waals surface area contributed by atoms with Crippen molar-refractivity contribution < 1.29 is 9.84 Å². The molecule has 0 fully saturated rings. The minimum Gasteiger partial charge on any atom is -0.493 e. The van der Waals surface area contributed by atoms with E-state index in [4.69, 9.17) is 4.74 Å². The second kappa shape index (κ2) is 4.82. The van der Waals surface area contributed by atoms with Crippen LogP contribution < -0.4 is 4.74 Å². The number of aromatic nitrogens is 2. The van der Waals surface area contributed by atoms with E-state index in [0.717, 1.165) is 39.9 Å². The highest BCUT2D eigenvalue weighted by Crippen LogP contribution is 2.32. The molecule has 0 spiro atoms. The maximum Gasteiger partial charge on any atom is 0.122 e. The first kappa shape index (κ1) is 12.3. The van der Waals surface area contributed by atoms with Gasteiger partial charge in [-0.3, -0.25) is 9.97 Å². The van der Waals surface area contributed by atoms with E-state index >= 15 is 0 Å². The standard InChI is InChI=1S/C17H14N2O2/c20-17(12-4-5-15-11(10-12)6-9-21-15)13-2-1-3-14-16(13)19-8-7-18-14/h1-5,7-8,10,17,20H,6,9H2. The van der Waals surface area contributed by atoms with Crippen molar-refractivity contribution in [3.8, 4) is 5.75 Å². The van der Waals surface area contributed by atoms with Crippen molar-refractivity contribution in [2.24, 2.45) is 0 Å². The molecule has 4 heteroatoms. The Hall–Kier alpha value is -2.46. The van der Waals surface area contributed by atoms with E-state index in [2.05, 4.69) is 9.97 Å². The number of nitrogens with zero attached hydrogens (tertiary/aromatic N) is 2. The van der Waals surface area contributed by atoms with Crippen molar-refractivity contribution >= 4 is 11.0 Å². The van der Waals surface area contributed by atoms with E-state index in [-0.39, 0.29) is 0 Å². The summed E-state index contributed by atoms with van der Waals surface area (Å²) in [5.41, 5.74) is 4.32. The van der Waals surface area contributed by atoms with Crippen molar-refractivity contribution in [3.63, 3.8) is 0 Å². The summed E-state index contributed by atoms with van der Waals surface area (Å²) < 4.78 is 5.51. The van der Waals surface area contributed by atoms with Gasteiger partial charge in [-0.2, -0.15) is 0 Å². The Morgan fingerprint density at radius 1 is 1.10 bits per heavy atom. The van der Waals surface area contributed by atoms with Crippen LogP contribution in [0.25, 0.3) is 11.0 Å². The summed E-state index contributed by atoms with van der Waals surface area (Å²) in [4.78, 5) is 8.64. The number of hydrogen-bond acceptors (Lipinski definition) is 4. The average Bonchev–Trinajstić information content (AvgIpc) is 3.01. The largest absolute Gasteiger partial charge is 0.493 e. The van der Waals surface area contributed by atoms with Crippen LogP contribution in [0.15, 0.2) is 48.8 Å². The van der Waals surface area contributed by atoms with E-state index in [9.17, 15) is 5.11 Å². The molecule has 2 heterocycles. The molecule has 1 unspecified atom stereocenters. The highest BCUT2D eigenvalue weighted by atomic mass is 16.5. The second-order valence-corrected chi connectivity index (χ2v) is 5.14. The molecular formula is C17H14N2O2. The average molecular weight is 278 g/mol. The molecule has 0 saturated heterocycles. The Labute approximate surface area is 122 Å². The molecule has 1 aliphatic heterocycles. The van der Waals surface area contributed by atoms with Gasteiger partial charge in [-0.1, -0.05) is 18.2 Å². The number of benzene rings is 2. The molecule has 21 heavy (non-hydrogen) atoms. The summed E-state index contributed by atoms with van der Waals surface area (Å²) in [7, 11) is 0. The summed E-state index contributed by atoms with van der Waals surface area (Å²) in [6, 6.07) is 11.5. The van der Waals surface area contributed by atoms with Gasteiger partial charge in [0, 0.05) is 24.4 Å². The fourth-order valence-corrected chi connectivity index (χ4v) is 2.79. The molecule has 0 bridgehead atoms. The van der Waals surface area contributed by atoms with Gasteiger partial charge in [0.05, 0.1) is 17.6 Å². The Morgan fingerprint density at radius 2 is 2.00 bits per heavy atom. The van der Waals surface area contributed by atoms with Crippen molar-refractivity contribution in [3.05, 3.63) is 65.5 Å². The molecule has 1 atom stereocenters. The number of fused-ring (bicyclic) bond motifs is 2. The van der Waals surface area contributed by atoms with Crippen LogP contribution in [-0.2, 0) is 6.42 Å². The zero-order valence-electron chi connectivity index (χ0n) is 11.4. The molecular weight excluding hydrogens is 264 g/mol. The Balaban J connectivity index is 1.81. The van der Waals surface area contributed by atoms with E-state index in [1.807, 2.05) is 36.4 Å². The quantitative estimate of drug-likeness (QED) is 0.783. The zero-order valence-corrected chi connectivity index (χ0v) is 11.4. The highest BCUT2D eigenvalue weighted by molar-refractivity contribution is 5.78. The Bertz CT molecular complexity index is 811. The van der Waals surface area contributed by atoms with Crippen LogP contribution in [0.2, 0.25) is 0 Å². The predicted molar refractivity (Wildman–Crippen MR) is 79.2 cm³/mol. The van der Waals surface area contributed by atoms with E-state index in [0.29, 0.717) is 6.61 Å². The summed E-state index contributed by atoms with van der Waals surface area (Å²) in [6.07, 6.45) is 3.49. The first-order valence-electron chi connectivity index (χ1n) is 6.96. The molecule has 0 aliphatic carbocycles. The van der Waals surface area contributed by atoms with Crippen LogP contribution in [-0.4, -0.2) is 21.7 Å². The van der Waals surface area contributed by atoms with Crippen LogP contribution in [0.1, 0.15) is 22.8 Å². The number of para-hydroxylation sites is 1. The van der Waals surface area contributed by atoms with Gasteiger partial charge in [0.25, 0.3) is 0 Å². The van der Waals surface area contributed by atoms with Crippen molar-refractivity contribution in [1.29, 1.82) is 0 Å². The van der Waals surface area contributed by atoms with E-state index < -0.39 is 6.10 Å². The lowest BCUT2D eigenvalue weighted by Gasteiger charge is -2.14. The van der Waals surface area contributed by atoms with E-state index in [1.54, 1.807) is 12.4 Å². The number of ether oxygens (including phenoxy) is 1. The smallest absolute Gasteiger partial charge is 0.122 e. The third kappa shape index (κ3) is 2.04. The van der Waals surface area contributed by atoms with Crippen molar-refractivity contribution in [1.82, 2.24) is 9.97 Å². The van der Waals surface area contributed by atoms with Crippen LogP contribution in [0.3, 0.4) is 0 Å². The maximum absolute atomic E-state index is 10.7. The van der Waals surface area contributed by atoms with Gasteiger partial charge >= 0.3 is 0 Å². The van der Waals surface area contributed by atoms with Gasteiger partial charge in [0.2, 0.25) is 0 Å². The summed E-state index contributed by atoms with van der Waals surface area (Å²) in [6.45, 7) is 0.717. The number of hydrogen-bond donors (Lipinski definition) is 1. The van der Waals surface area contributed by atoms with Crippen molar-refractivity contribution in [2.75, 3.05) is 6.61 Å². The molecule has 2 aromatic carbocycles. The third-order valence-electron chi connectivity index (χ3n) is 3.85. The molecule has 4 rings (SSSR count). The molecule has 4 nitrogen and oxygen atoms in total. The fourth-order valence-electron chi connectivity index (χ4n) is 2.79. The van der Waals surface area contributed by atoms with Gasteiger partial charge in [-0.15, -0.1) is 0 Å². The van der Waals surface area contributed by atoms with Crippen LogP contribution in [0.5, 0.6) is 5.75 Å². The first-order valence-corrected chi connectivity index (χ1v) is 6.96. The predicted octanol–water partition coefficient (Wildman–Crippen LogP) is 2.65. The number of aliphatic hydroxyl groups is 1. The maximum atomic E-state index is 10.7. The molecule has 1 N–H and O–H groups in total. The normalized spacial score (nSPS) is 14.7. The minimum atomic E-state index is -0.712. The molecule has 1 aromatic heterocycles. The molecule has 3 aromatic rings. The third-order valence-corrected chi connectivity index (χ3v) is 3.85. The highest BCUT2D eigenvalue weighted by Gasteiger charge is 2.18. The van der Waals surface area contributed by atoms with Gasteiger partial charge in [0.1, 0.15) is 11.9 Å². The molecule has 0 saturated carbocycles. The molecule has 0 amide bonds. The minimum absolute atomic E-state index is 0.712. The summed E-state index contributed by atoms with van der Waals surface area (Å²) in [5.74, 6) is 0.920. The van der Waals surface area contributed by atoms with Crippen molar-refractivity contribution in [2.45, 2.75) is 12.5 Å². The summed E-state index contributed by atoms with van der Waals surface area (Å²) >= 11 is 0. The Kier molecular flexibility index (Phi) is 2.82. The van der Waals surface area contributed by atoms with Gasteiger partial charge in [-0.05, 0) is 29.3 Å². The van der Waals surface area contributed by atoms with Gasteiger partial charge in [-0.25, -0.2) is 0 Å². The van der Waals surface area contributed by atoms with Crippen LogP contribution >= 0.6 is 0 Å². The number of aliphatic hydroxyl groups excluding tert-OH is 1. The molecule has 104 valence electrons. The fraction of sp³-hybridized carbons (Fsp3) is 0.176. The lowest BCUT2D eigenvalue weighted by atomic mass is 9.98. The Morgan fingerprint density at radius 3 is 2.95 bits per heavy atom. The molecule has 0 radical (unpaired) electrons. The van der Waals surface area contributed by atoms with Crippen LogP contribution in [0.4, 0.5) is 0 Å². The lowest BCUT2D eigenvalue weighted by molar-refractivity contribution is 0.221. The zero-order chi connectivity index (χ0) is 14.2. The first-order chi connectivity index (χ1) is 10.3. The topological polar surface area (TPSA) is 55.2 Å². The summed E-state index contributed by atoms with van der Waals surface area (Å²) in [5, 5.41) is 10.7. The van der Waals surface area contributed by atoms with Crippen LogP contribution in [0, 0.1) is 0 Å². The molecule has 1 aliphatic rings.